The molecule has 0 radical (unpaired) electrons. The van der Waals surface area contributed by atoms with E-state index in [1.54, 1.807) is 12.1 Å². The first-order valence-electron chi connectivity index (χ1n) is 11.8. The summed E-state index contributed by atoms with van der Waals surface area (Å²) >= 11 is 18.8. The number of aryl methyl sites for hydroxylation is 1. The maximum absolute atomic E-state index is 13.5. The molecule has 0 N–H and O–H groups in total. The molecule has 0 saturated carbocycles. The van der Waals surface area contributed by atoms with Crippen LogP contribution in [0, 0.1) is 6.92 Å². The van der Waals surface area contributed by atoms with Crippen LogP contribution in [-0.2, 0) is 4.79 Å². The van der Waals surface area contributed by atoms with Crippen molar-refractivity contribution in [2.75, 3.05) is 5.01 Å². The van der Waals surface area contributed by atoms with Gasteiger partial charge in [-0.2, -0.15) is 5.10 Å². The molecule has 1 unspecified atom stereocenters. The van der Waals surface area contributed by atoms with E-state index < -0.39 is 0 Å². The molecule has 5 rings (SSSR count). The van der Waals surface area contributed by atoms with Gasteiger partial charge in [0.2, 0.25) is 0 Å². The molecule has 178 valence electrons. The minimum absolute atomic E-state index is 0.0690. The molecule has 2 aliphatic rings. The van der Waals surface area contributed by atoms with E-state index in [1.807, 2.05) is 35.3 Å². The standard InChI is InChI=1S/C29H25Cl3N2O/c1-18-5-2-3-7-23(18)24-8-4-6-20(24)15-29(35)26-17-28(19-9-11-21(30)12-10-19)34(33-26)27-14-13-22(31)16-25(27)32/h2-3,5,7,9-14,16,28H,4,6,8,15,17H2,1H3. The van der Waals surface area contributed by atoms with Gasteiger partial charge in [0.1, 0.15) is 5.71 Å². The molecule has 1 aliphatic carbocycles. The van der Waals surface area contributed by atoms with Crippen molar-refractivity contribution in [2.24, 2.45) is 5.10 Å². The van der Waals surface area contributed by atoms with Crippen LogP contribution in [0.25, 0.3) is 5.57 Å². The SMILES string of the molecule is Cc1ccccc1C1=C(CC(=O)C2=NN(c3ccc(Cl)cc3Cl)C(c3ccc(Cl)cc3)C2)CCC1. The van der Waals surface area contributed by atoms with Crippen LogP contribution >= 0.6 is 34.8 Å². The minimum Gasteiger partial charge on any atom is -0.292 e. The molecular weight excluding hydrogens is 499 g/mol. The van der Waals surface area contributed by atoms with E-state index in [1.165, 1.54) is 22.3 Å². The van der Waals surface area contributed by atoms with E-state index >= 15 is 0 Å². The van der Waals surface area contributed by atoms with Crippen molar-refractivity contribution in [1.29, 1.82) is 0 Å². The fraction of sp³-hybridized carbons (Fsp3) is 0.241. The number of rotatable bonds is 6. The lowest BCUT2D eigenvalue weighted by atomic mass is 9.93. The van der Waals surface area contributed by atoms with Crippen molar-refractivity contribution in [3.05, 3.63) is 104 Å². The largest absolute Gasteiger partial charge is 0.292 e. The van der Waals surface area contributed by atoms with Crippen LogP contribution in [0.4, 0.5) is 5.69 Å². The van der Waals surface area contributed by atoms with Crippen LogP contribution < -0.4 is 5.01 Å². The summed E-state index contributed by atoms with van der Waals surface area (Å²) < 4.78 is 0. The van der Waals surface area contributed by atoms with Crippen molar-refractivity contribution in [2.45, 2.75) is 45.1 Å². The summed E-state index contributed by atoms with van der Waals surface area (Å²) in [7, 11) is 0. The van der Waals surface area contributed by atoms with E-state index in [9.17, 15) is 4.79 Å². The highest BCUT2D eigenvalue weighted by molar-refractivity contribution is 6.41. The van der Waals surface area contributed by atoms with Crippen molar-refractivity contribution >= 4 is 57.6 Å². The molecule has 1 heterocycles. The number of anilines is 1. The van der Waals surface area contributed by atoms with Gasteiger partial charge in [0, 0.05) is 22.9 Å². The number of allylic oxidation sites excluding steroid dienone is 2. The van der Waals surface area contributed by atoms with E-state index in [0.29, 0.717) is 33.6 Å². The van der Waals surface area contributed by atoms with Crippen LogP contribution in [0.1, 0.15) is 54.8 Å². The predicted molar refractivity (Wildman–Crippen MR) is 147 cm³/mol. The van der Waals surface area contributed by atoms with Gasteiger partial charge >= 0.3 is 0 Å². The number of carbonyl (C=O) groups is 1. The van der Waals surface area contributed by atoms with Crippen LogP contribution in [0.15, 0.2) is 77.4 Å². The Bertz CT molecular complexity index is 1340. The highest BCUT2D eigenvalue weighted by Crippen LogP contribution is 2.41. The number of ketones is 1. The zero-order chi connectivity index (χ0) is 24.5. The van der Waals surface area contributed by atoms with Crippen LogP contribution in [0.3, 0.4) is 0 Å². The first-order valence-corrected chi connectivity index (χ1v) is 12.9. The summed E-state index contributed by atoms with van der Waals surface area (Å²) in [6.45, 7) is 2.13. The number of hydrogen-bond acceptors (Lipinski definition) is 3. The number of halogens is 3. The summed E-state index contributed by atoms with van der Waals surface area (Å²) in [6, 6.07) is 21.3. The lowest BCUT2D eigenvalue weighted by Crippen LogP contribution is -2.19. The zero-order valence-electron chi connectivity index (χ0n) is 19.4. The Hall–Kier alpha value is -2.59. The fourth-order valence-electron chi connectivity index (χ4n) is 5.05. The number of hydrogen-bond donors (Lipinski definition) is 0. The Morgan fingerprint density at radius 3 is 2.46 bits per heavy atom. The molecule has 35 heavy (non-hydrogen) atoms. The lowest BCUT2D eigenvalue weighted by Gasteiger charge is -2.25. The second-order valence-corrected chi connectivity index (χ2v) is 10.4. The fourth-order valence-corrected chi connectivity index (χ4v) is 5.67. The summed E-state index contributed by atoms with van der Waals surface area (Å²) in [4.78, 5) is 13.5. The highest BCUT2D eigenvalue weighted by Gasteiger charge is 2.34. The smallest absolute Gasteiger partial charge is 0.182 e. The molecule has 1 aliphatic heterocycles. The molecule has 0 aromatic heterocycles. The molecule has 0 fully saturated rings. The first-order chi connectivity index (χ1) is 16.9. The lowest BCUT2D eigenvalue weighted by molar-refractivity contribution is -0.112. The van der Waals surface area contributed by atoms with Gasteiger partial charge in [0.25, 0.3) is 0 Å². The van der Waals surface area contributed by atoms with Gasteiger partial charge < -0.3 is 0 Å². The zero-order valence-corrected chi connectivity index (χ0v) is 21.7. The van der Waals surface area contributed by atoms with Gasteiger partial charge in [0.05, 0.1) is 16.8 Å². The van der Waals surface area contributed by atoms with Gasteiger partial charge in [-0.05, 0) is 78.8 Å². The molecule has 0 bridgehead atoms. The first kappa shape index (κ1) is 24.1. The van der Waals surface area contributed by atoms with E-state index in [2.05, 4.69) is 31.2 Å². The van der Waals surface area contributed by atoms with Gasteiger partial charge in [0.15, 0.2) is 5.78 Å². The molecule has 3 nitrogen and oxygen atoms in total. The van der Waals surface area contributed by atoms with Crippen LogP contribution in [-0.4, -0.2) is 11.5 Å². The maximum atomic E-state index is 13.5. The van der Waals surface area contributed by atoms with Crippen molar-refractivity contribution in [1.82, 2.24) is 0 Å². The average Bonchev–Trinajstić information content (AvgIpc) is 3.47. The molecule has 6 heteroatoms. The van der Waals surface area contributed by atoms with Crippen molar-refractivity contribution in [3.63, 3.8) is 0 Å². The number of benzene rings is 3. The van der Waals surface area contributed by atoms with Crippen molar-refractivity contribution in [3.8, 4) is 0 Å². The third-order valence-corrected chi connectivity index (χ3v) is 7.61. The Labute approximate surface area is 221 Å². The summed E-state index contributed by atoms with van der Waals surface area (Å²) in [5.41, 5.74) is 7.38. The second kappa shape index (κ2) is 10.2. The monoisotopic (exact) mass is 522 g/mol. The van der Waals surface area contributed by atoms with Crippen LogP contribution in [0.2, 0.25) is 15.1 Å². The molecule has 0 spiro atoms. The normalized spacial score (nSPS) is 17.8. The van der Waals surface area contributed by atoms with Gasteiger partial charge in [-0.1, -0.05) is 76.8 Å². The van der Waals surface area contributed by atoms with Gasteiger partial charge in [-0.15, -0.1) is 0 Å². The molecule has 0 saturated heterocycles. The molecule has 3 aromatic rings. The second-order valence-electron chi connectivity index (χ2n) is 9.11. The topological polar surface area (TPSA) is 32.7 Å². The summed E-state index contributed by atoms with van der Waals surface area (Å²) in [5, 5.41) is 8.36. The van der Waals surface area contributed by atoms with E-state index in [0.717, 1.165) is 30.5 Å². The van der Waals surface area contributed by atoms with E-state index in [-0.39, 0.29) is 11.8 Å². The van der Waals surface area contributed by atoms with Gasteiger partial charge in [-0.25, -0.2) is 0 Å². The van der Waals surface area contributed by atoms with Crippen molar-refractivity contribution < 1.29 is 4.79 Å². The number of nitrogens with zero attached hydrogens (tertiary/aromatic N) is 2. The minimum atomic E-state index is -0.154. The Morgan fingerprint density at radius 1 is 0.971 bits per heavy atom. The molecular formula is C29H25Cl3N2O. The van der Waals surface area contributed by atoms with E-state index in [4.69, 9.17) is 39.9 Å². The summed E-state index contributed by atoms with van der Waals surface area (Å²) in [5.74, 6) is 0.0690. The quantitative estimate of drug-likeness (QED) is 0.323. The third-order valence-electron chi connectivity index (χ3n) is 6.82. The third kappa shape index (κ3) is 5.04. The van der Waals surface area contributed by atoms with Gasteiger partial charge in [-0.3, -0.25) is 9.80 Å². The molecule has 0 amide bonds. The number of hydrazone groups is 1. The molecule has 3 aromatic carbocycles. The average molecular weight is 524 g/mol. The highest BCUT2D eigenvalue weighted by atomic mass is 35.5. The van der Waals surface area contributed by atoms with Crippen LogP contribution in [0.5, 0.6) is 0 Å². The summed E-state index contributed by atoms with van der Waals surface area (Å²) in [6.07, 6.45) is 3.96. The molecule has 1 atom stereocenters. The predicted octanol–water partition coefficient (Wildman–Crippen LogP) is 8.86. The Morgan fingerprint density at radius 2 is 1.71 bits per heavy atom. The maximum Gasteiger partial charge on any atom is 0.182 e. The Balaban J connectivity index is 1.47. The number of carbonyl (C=O) groups excluding carboxylic acids is 1. The number of Topliss-reactive ketones (excluding diaryl/α,β-unsaturated/α-hetero) is 1. The Kier molecular flexibility index (Phi) is 7.02.